The van der Waals surface area contributed by atoms with Gasteiger partial charge in [0.1, 0.15) is 0 Å². The van der Waals surface area contributed by atoms with Gasteiger partial charge >= 0.3 is 0 Å². The number of hydrogen-bond donors (Lipinski definition) is 1. The average molecular weight is 239 g/mol. The van der Waals surface area contributed by atoms with Crippen LogP contribution in [0.25, 0.3) is 0 Å². The molecule has 17 heavy (non-hydrogen) atoms. The highest BCUT2D eigenvalue weighted by Gasteiger charge is 2.35. The van der Waals surface area contributed by atoms with Crippen molar-refractivity contribution < 1.29 is 0 Å². The third kappa shape index (κ3) is 5.06. The maximum absolute atomic E-state index is 8.77. The zero-order valence-corrected chi connectivity index (χ0v) is 12.3. The number of nitrogens with two attached hydrogens (primary N) is 1. The molecule has 3 heteroatoms. The standard InChI is InChI=1S/C14H29N3/c1-7-12(16)13(14(4,5)6)17(11(2)3)10-8-9-15/h11-13H,7-8,10,16H2,1-6H3. The fraction of sp³-hybridized carbons (Fsp3) is 0.929. The summed E-state index contributed by atoms with van der Waals surface area (Å²) in [5, 5.41) is 8.77. The predicted octanol–water partition coefficient (Wildman–Crippen LogP) is 2.76. The van der Waals surface area contributed by atoms with E-state index in [1.54, 1.807) is 0 Å². The van der Waals surface area contributed by atoms with Crippen LogP contribution in [-0.2, 0) is 0 Å². The monoisotopic (exact) mass is 239 g/mol. The van der Waals surface area contributed by atoms with Crippen LogP contribution >= 0.6 is 0 Å². The Morgan fingerprint density at radius 1 is 1.29 bits per heavy atom. The lowest BCUT2D eigenvalue weighted by Crippen LogP contribution is -2.56. The lowest BCUT2D eigenvalue weighted by atomic mass is 9.80. The first-order valence-corrected chi connectivity index (χ1v) is 6.64. The summed E-state index contributed by atoms with van der Waals surface area (Å²) in [7, 11) is 0. The number of hydrogen-bond acceptors (Lipinski definition) is 3. The van der Waals surface area contributed by atoms with Crippen LogP contribution in [0.5, 0.6) is 0 Å². The van der Waals surface area contributed by atoms with E-state index in [0.29, 0.717) is 18.5 Å². The van der Waals surface area contributed by atoms with Crippen LogP contribution in [-0.4, -0.2) is 29.6 Å². The van der Waals surface area contributed by atoms with Crippen molar-refractivity contribution in [1.29, 1.82) is 5.26 Å². The van der Waals surface area contributed by atoms with Gasteiger partial charge in [0.2, 0.25) is 0 Å². The quantitative estimate of drug-likeness (QED) is 0.775. The maximum atomic E-state index is 8.77. The molecular weight excluding hydrogens is 210 g/mol. The summed E-state index contributed by atoms with van der Waals surface area (Å²) in [6, 6.07) is 3.14. The summed E-state index contributed by atoms with van der Waals surface area (Å²) in [5.74, 6) is 0. The summed E-state index contributed by atoms with van der Waals surface area (Å²) in [5.41, 5.74) is 6.42. The lowest BCUT2D eigenvalue weighted by molar-refractivity contribution is 0.0524. The van der Waals surface area contributed by atoms with Gasteiger partial charge in [-0.1, -0.05) is 27.7 Å². The Morgan fingerprint density at radius 2 is 1.82 bits per heavy atom. The zero-order chi connectivity index (χ0) is 13.6. The molecule has 0 aliphatic carbocycles. The van der Waals surface area contributed by atoms with Crippen LogP contribution in [0.1, 0.15) is 54.4 Å². The molecule has 0 bridgehead atoms. The van der Waals surface area contributed by atoms with Crippen molar-refractivity contribution in [1.82, 2.24) is 4.90 Å². The van der Waals surface area contributed by atoms with E-state index in [1.807, 2.05) is 0 Å². The molecule has 0 spiro atoms. The first-order chi connectivity index (χ1) is 7.75. The van der Waals surface area contributed by atoms with Gasteiger partial charge in [-0.05, 0) is 25.7 Å². The molecule has 0 saturated heterocycles. The van der Waals surface area contributed by atoms with E-state index < -0.39 is 0 Å². The van der Waals surface area contributed by atoms with Gasteiger partial charge in [0.05, 0.1) is 6.07 Å². The van der Waals surface area contributed by atoms with Gasteiger partial charge in [-0.15, -0.1) is 0 Å². The molecule has 0 aromatic rings. The number of rotatable bonds is 6. The van der Waals surface area contributed by atoms with Crippen molar-refractivity contribution in [2.75, 3.05) is 6.54 Å². The minimum absolute atomic E-state index is 0.134. The molecule has 2 atom stereocenters. The van der Waals surface area contributed by atoms with Gasteiger partial charge in [0.25, 0.3) is 0 Å². The van der Waals surface area contributed by atoms with Gasteiger partial charge < -0.3 is 5.73 Å². The molecule has 0 saturated carbocycles. The highest BCUT2D eigenvalue weighted by Crippen LogP contribution is 2.29. The van der Waals surface area contributed by atoms with Crippen molar-refractivity contribution in [3.05, 3.63) is 0 Å². The Morgan fingerprint density at radius 3 is 2.12 bits per heavy atom. The summed E-state index contributed by atoms with van der Waals surface area (Å²) in [4.78, 5) is 2.39. The van der Waals surface area contributed by atoms with Gasteiger partial charge in [-0.25, -0.2) is 0 Å². The fourth-order valence-corrected chi connectivity index (χ4v) is 2.51. The van der Waals surface area contributed by atoms with E-state index in [4.69, 9.17) is 11.0 Å². The first-order valence-electron chi connectivity index (χ1n) is 6.64. The zero-order valence-electron chi connectivity index (χ0n) is 12.3. The highest BCUT2D eigenvalue weighted by atomic mass is 15.2. The van der Waals surface area contributed by atoms with E-state index in [2.05, 4.69) is 52.5 Å². The SMILES string of the molecule is CCC(N)C(N(CCC#N)C(C)C)C(C)(C)C. The van der Waals surface area contributed by atoms with Gasteiger partial charge in [-0.2, -0.15) is 5.26 Å². The number of nitrogens with zero attached hydrogens (tertiary/aromatic N) is 2. The van der Waals surface area contributed by atoms with Crippen LogP contribution < -0.4 is 5.73 Å². The molecule has 0 aliphatic heterocycles. The molecule has 0 aliphatic rings. The topological polar surface area (TPSA) is 53.0 Å². The molecule has 100 valence electrons. The van der Waals surface area contributed by atoms with Gasteiger partial charge in [0, 0.05) is 31.1 Å². The molecule has 0 amide bonds. The van der Waals surface area contributed by atoms with E-state index >= 15 is 0 Å². The molecule has 0 radical (unpaired) electrons. The largest absolute Gasteiger partial charge is 0.326 e. The molecule has 0 aromatic heterocycles. The Hall–Kier alpha value is -0.590. The molecule has 3 nitrogen and oxygen atoms in total. The van der Waals surface area contributed by atoms with Crippen molar-refractivity contribution >= 4 is 0 Å². The third-order valence-corrected chi connectivity index (χ3v) is 3.27. The second-order valence-electron chi connectivity index (χ2n) is 6.12. The van der Waals surface area contributed by atoms with Crippen molar-refractivity contribution in [3.63, 3.8) is 0 Å². The molecule has 0 fully saturated rings. The maximum Gasteiger partial charge on any atom is 0.0635 e. The minimum Gasteiger partial charge on any atom is -0.326 e. The van der Waals surface area contributed by atoms with Crippen LogP contribution in [0.4, 0.5) is 0 Å². The summed E-state index contributed by atoms with van der Waals surface area (Å²) in [6.07, 6.45) is 1.54. The summed E-state index contributed by atoms with van der Waals surface area (Å²) >= 11 is 0. The van der Waals surface area contributed by atoms with E-state index in [9.17, 15) is 0 Å². The second kappa shape index (κ2) is 6.98. The lowest BCUT2D eigenvalue weighted by Gasteiger charge is -2.45. The normalized spacial score (nSPS) is 16.0. The van der Waals surface area contributed by atoms with Crippen LogP contribution in [0.3, 0.4) is 0 Å². The predicted molar refractivity (Wildman–Crippen MR) is 73.6 cm³/mol. The summed E-state index contributed by atoms with van der Waals surface area (Å²) in [6.45, 7) is 14.0. The number of nitriles is 1. The van der Waals surface area contributed by atoms with Gasteiger partial charge in [-0.3, -0.25) is 4.90 Å². The fourth-order valence-electron chi connectivity index (χ4n) is 2.51. The van der Waals surface area contributed by atoms with Crippen molar-refractivity contribution in [2.45, 2.75) is 72.5 Å². The molecule has 2 unspecified atom stereocenters. The Kier molecular flexibility index (Phi) is 6.74. The average Bonchev–Trinajstić information content (AvgIpc) is 2.20. The van der Waals surface area contributed by atoms with Crippen LogP contribution in [0.15, 0.2) is 0 Å². The summed E-state index contributed by atoms with van der Waals surface area (Å²) < 4.78 is 0. The van der Waals surface area contributed by atoms with Crippen LogP contribution in [0.2, 0.25) is 0 Å². The minimum atomic E-state index is 0.134. The van der Waals surface area contributed by atoms with E-state index in [-0.39, 0.29) is 11.5 Å². The Bertz CT molecular complexity index is 247. The molecule has 0 heterocycles. The van der Waals surface area contributed by atoms with Gasteiger partial charge in [0.15, 0.2) is 0 Å². The van der Waals surface area contributed by atoms with Crippen molar-refractivity contribution in [3.8, 4) is 6.07 Å². The molecular formula is C14H29N3. The molecule has 0 rings (SSSR count). The van der Waals surface area contributed by atoms with E-state index in [0.717, 1.165) is 13.0 Å². The van der Waals surface area contributed by atoms with Crippen LogP contribution in [0, 0.1) is 16.7 Å². The Labute approximate surface area is 107 Å². The molecule has 2 N–H and O–H groups in total. The molecule has 0 aromatic carbocycles. The second-order valence-corrected chi connectivity index (χ2v) is 6.12. The Balaban J connectivity index is 5.02. The van der Waals surface area contributed by atoms with E-state index in [1.165, 1.54) is 0 Å². The first kappa shape index (κ1) is 16.4. The van der Waals surface area contributed by atoms with Crippen molar-refractivity contribution in [2.24, 2.45) is 11.1 Å². The smallest absolute Gasteiger partial charge is 0.0635 e. The highest BCUT2D eigenvalue weighted by molar-refractivity contribution is 4.93. The third-order valence-electron chi connectivity index (χ3n) is 3.27.